The molecule has 26 N–H and O–H groups in total. The molecule has 0 amide bonds. The second-order valence-electron chi connectivity index (χ2n) is 23.9. The molecule has 0 aromatic heterocycles. The fraction of sp³-hybridized carbons (Fsp3) is 0.136. The van der Waals surface area contributed by atoms with Crippen LogP contribution in [0.1, 0.15) is 81.1 Å². The lowest BCUT2D eigenvalue weighted by atomic mass is 9.77. The maximum Gasteiger partial charge on any atom is 0.362 e. The molecule has 0 saturated carbocycles. The normalized spacial score (nSPS) is 18.4. The summed E-state index contributed by atoms with van der Waals surface area (Å²) in [6, 6.07) is 50.7. The number of nitrogens with two attached hydrogens (primary N) is 6. The van der Waals surface area contributed by atoms with Crippen LogP contribution in [0.2, 0.25) is 0 Å². The van der Waals surface area contributed by atoms with Crippen molar-refractivity contribution >= 4 is 82.4 Å². The molecule has 6 heterocycles. The van der Waals surface area contributed by atoms with E-state index >= 15 is 0 Å². The summed E-state index contributed by atoms with van der Waals surface area (Å²) >= 11 is 0. The summed E-state index contributed by atoms with van der Waals surface area (Å²) in [6.45, 7) is 0.589. The van der Waals surface area contributed by atoms with E-state index in [-0.39, 0.29) is 51.7 Å². The third kappa shape index (κ3) is 12.9. The standard InChI is InChI=1S/2C22H22N4O9P2.C22H20N4O3/c2*23-20(36(28,29)30)25-11-5-7-15-17(9-11)34-18-10-12(26-21(24)37(31,32)33)6-8-16(18)22(15)14-4-2-1-3-13(14)19(27)35-22;23-11-25-13-5-7-17-19(9-13)28-20-10-14(26-12-24)6-8-18(20)22(17)16-4-2-1-3-15(16)21(27)29-22/h2*1-10,20-21,25-26H,23-24H2,(H2,28,29,30)(H2,31,32,33);1-10,25-26H,11-12,23-24H2. The van der Waals surface area contributed by atoms with Crippen molar-refractivity contribution < 1.29 is 100 Å². The lowest BCUT2D eigenvalue weighted by Gasteiger charge is -2.37. The zero-order valence-electron chi connectivity index (χ0n) is 53.2. The van der Waals surface area contributed by atoms with E-state index in [2.05, 4.69) is 31.9 Å². The summed E-state index contributed by atoms with van der Waals surface area (Å²) in [5, 5.41) is 16.3. The van der Waals surface area contributed by atoms with Crippen LogP contribution in [0.4, 0.5) is 34.1 Å². The number of esters is 3. The maximum atomic E-state index is 12.9. The van der Waals surface area contributed by atoms with Crippen molar-refractivity contribution in [1.82, 2.24) is 0 Å². The van der Waals surface area contributed by atoms with E-state index in [1.807, 2.05) is 54.6 Å². The minimum Gasteiger partial charge on any atom is -0.456 e. The van der Waals surface area contributed by atoms with Crippen LogP contribution in [0, 0.1) is 0 Å². The van der Waals surface area contributed by atoms with Crippen molar-refractivity contribution in [3.63, 3.8) is 0 Å². The Hall–Kier alpha value is -10.1. The van der Waals surface area contributed by atoms with Crippen LogP contribution in [0.15, 0.2) is 182 Å². The van der Waals surface area contributed by atoms with E-state index in [0.717, 1.165) is 28.1 Å². The van der Waals surface area contributed by atoms with Gasteiger partial charge in [-0.05, 0) is 91.0 Å². The molecule has 6 aliphatic rings. The third-order valence-corrected chi connectivity index (χ3v) is 20.9. The van der Waals surface area contributed by atoms with Gasteiger partial charge in [-0.3, -0.25) is 18.3 Å². The average molecular weight is 1490 g/mol. The first-order chi connectivity index (χ1) is 48.8. The average Bonchev–Trinajstić information content (AvgIpc) is 1.62. The highest BCUT2D eigenvalue weighted by atomic mass is 31.2. The number of rotatable bonds is 16. The van der Waals surface area contributed by atoms with Gasteiger partial charge < -0.3 is 134 Å². The zero-order chi connectivity index (χ0) is 73.5. The second kappa shape index (κ2) is 26.6. The Bertz CT molecular complexity index is 4730. The molecule has 0 saturated heterocycles. The van der Waals surface area contributed by atoms with E-state index in [4.69, 9.17) is 62.8 Å². The van der Waals surface area contributed by atoms with Crippen LogP contribution >= 0.6 is 30.4 Å². The molecule has 0 aliphatic carbocycles. The summed E-state index contributed by atoms with van der Waals surface area (Å²) in [6.07, 6.45) is 0. The maximum absolute atomic E-state index is 12.9. The zero-order valence-corrected chi connectivity index (χ0v) is 56.8. The Kier molecular flexibility index (Phi) is 18.5. The molecule has 37 heteroatoms. The number of benzene rings is 9. The van der Waals surface area contributed by atoms with Gasteiger partial charge in [-0.15, -0.1) is 0 Å². The van der Waals surface area contributed by atoms with Crippen molar-refractivity contribution in [3.8, 4) is 34.5 Å². The van der Waals surface area contributed by atoms with E-state index in [0.29, 0.717) is 74.9 Å². The molecule has 103 heavy (non-hydrogen) atoms. The molecule has 4 atom stereocenters. The van der Waals surface area contributed by atoms with Crippen LogP contribution in [0.5, 0.6) is 34.5 Å². The summed E-state index contributed by atoms with van der Waals surface area (Å²) in [7, 11) is -18.6. The fourth-order valence-corrected chi connectivity index (χ4v) is 14.1. The Morgan fingerprint density at radius 2 is 0.515 bits per heavy atom. The molecule has 0 fully saturated rings. The summed E-state index contributed by atoms with van der Waals surface area (Å²) in [4.78, 5) is 113. The van der Waals surface area contributed by atoms with Gasteiger partial charge in [0.15, 0.2) is 40.4 Å². The van der Waals surface area contributed by atoms with Crippen LogP contribution in [-0.2, 0) is 49.3 Å². The number of fused-ring (bicyclic) bond motifs is 18. The Morgan fingerprint density at radius 3 is 0.728 bits per heavy atom. The number of ether oxygens (including phenoxy) is 6. The number of carbonyl (C=O) groups is 3. The minimum atomic E-state index is -4.64. The van der Waals surface area contributed by atoms with Gasteiger partial charge in [0.25, 0.3) is 0 Å². The largest absolute Gasteiger partial charge is 0.456 e. The van der Waals surface area contributed by atoms with E-state index in [9.17, 15) is 71.8 Å². The van der Waals surface area contributed by atoms with Crippen LogP contribution in [0.3, 0.4) is 0 Å². The van der Waals surface area contributed by atoms with Gasteiger partial charge in [0.2, 0.25) is 0 Å². The number of nitrogens with one attached hydrogen (secondary N) is 6. The van der Waals surface area contributed by atoms with Gasteiger partial charge in [0.05, 0.1) is 30.0 Å². The minimum absolute atomic E-state index is 0.191. The highest BCUT2D eigenvalue weighted by Gasteiger charge is 2.57. The Balaban J connectivity index is 0.000000139. The van der Waals surface area contributed by atoms with Gasteiger partial charge in [0.1, 0.15) is 34.5 Å². The molecule has 9 aromatic rings. The predicted octanol–water partition coefficient (Wildman–Crippen LogP) is 6.75. The molecule has 0 bridgehead atoms. The number of carbonyl (C=O) groups excluding carboxylic acids is 3. The Morgan fingerprint density at radius 1 is 0.311 bits per heavy atom. The van der Waals surface area contributed by atoms with E-state index in [1.165, 1.54) is 48.5 Å². The summed E-state index contributed by atoms with van der Waals surface area (Å²) < 4.78 is 82.6. The first kappa shape index (κ1) is 71.3. The van der Waals surface area contributed by atoms with E-state index in [1.54, 1.807) is 78.9 Å². The lowest BCUT2D eigenvalue weighted by molar-refractivity contribution is 0.0214. The second-order valence-corrected chi connectivity index (χ2v) is 30.8. The molecule has 15 rings (SSSR count). The number of hydrogen-bond donors (Lipinski definition) is 20. The first-order valence-corrected chi connectivity index (χ1v) is 37.6. The molecule has 33 nitrogen and oxygen atoms in total. The molecular formula is C66H64N12O21P4. The number of anilines is 6. The van der Waals surface area contributed by atoms with E-state index < -0.39 is 82.8 Å². The Labute approximate surface area is 583 Å². The predicted molar refractivity (Wildman–Crippen MR) is 374 cm³/mol. The number of hydrogen-bond acceptors (Lipinski definition) is 25. The van der Waals surface area contributed by atoms with Crippen molar-refractivity contribution in [2.45, 2.75) is 40.4 Å². The quantitative estimate of drug-likeness (QED) is 0.0206. The van der Waals surface area contributed by atoms with Crippen LogP contribution in [-0.4, -0.2) is 94.0 Å². The SMILES string of the molecule is NC(Nc1ccc2c(c1)Oc1cc(NC(N)P(=O)(O)O)ccc1C21OC(=O)c2ccccc21)P(=O)(O)O.NC(Nc1ccc2c(c1)Oc1cc(NC(N)P(=O)(O)O)ccc1C21OC(=O)c2ccccc21)P(=O)(O)O.NCNc1ccc2c(c1)Oc1cc(NCN)ccc1C21OC(=O)c2ccccc21. The first-order valence-electron chi connectivity index (χ1n) is 30.8. The molecule has 0 radical (unpaired) electrons. The highest BCUT2D eigenvalue weighted by molar-refractivity contribution is 7.53. The monoisotopic (exact) mass is 1480 g/mol. The molecule has 6 aliphatic heterocycles. The summed E-state index contributed by atoms with van der Waals surface area (Å²) in [5.41, 5.74) is 38.6. The van der Waals surface area contributed by atoms with Crippen molar-refractivity contribution in [1.29, 1.82) is 0 Å². The summed E-state index contributed by atoms with van der Waals surface area (Å²) in [5.74, 6) is -6.22. The molecule has 3 spiro atoms. The molecule has 534 valence electrons. The van der Waals surface area contributed by atoms with Gasteiger partial charge in [-0.2, -0.15) is 0 Å². The van der Waals surface area contributed by atoms with Crippen molar-refractivity contribution in [2.75, 3.05) is 45.2 Å². The van der Waals surface area contributed by atoms with Gasteiger partial charge >= 0.3 is 48.3 Å². The van der Waals surface area contributed by atoms with Crippen molar-refractivity contribution in [2.24, 2.45) is 34.4 Å². The third-order valence-electron chi connectivity index (χ3n) is 17.5. The van der Waals surface area contributed by atoms with Crippen LogP contribution in [0.25, 0.3) is 0 Å². The highest BCUT2D eigenvalue weighted by Crippen LogP contribution is 2.61. The van der Waals surface area contributed by atoms with Crippen LogP contribution < -0.4 is 80.5 Å². The van der Waals surface area contributed by atoms with Gasteiger partial charge in [-0.1, -0.05) is 54.6 Å². The molecular weight excluding hydrogens is 1420 g/mol. The topological polar surface area (TPSA) is 565 Å². The van der Waals surface area contributed by atoms with Crippen molar-refractivity contribution in [3.05, 3.63) is 249 Å². The van der Waals surface area contributed by atoms with Gasteiger partial charge in [-0.25, -0.2) is 14.4 Å². The molecule has 4 unspecified atom stereocenters. The lowest BCUT2D eigenvalue weighted by Crippen LogP contribution is -2.34. The molecule has 9 aromatic carbocycles. The smallest absolute Gasteiger partial charge is 0.362 e. The fourth-order valence-electron chi connectivity index (χ4n) is 12.9. The van der Waals surface area contributed by atoms with Gasteiger partial charge in [0, 0.05) is 121 Å².